The van der Waals surface area contributed by atoms with Crippen LogP contribution in [0.5, 0.6) is 0 Å². The number of alkyl halides is 1. The smallest absolute Gasteiger partial charge is 0.0816 e. The van der Waals surface area contributed by atoms with E-state index in [1.54, 1.807) is 0 Å². The summed E-state index contributed by atoms with van der Waals surface area (Å²) in [6.45, 7) is 1.93. The van der Waals surface area contributed by atoms with Crippen LogP contribution < -0.4 is 0 Å². The van der Waals surface area contributed by atoms with Crippen molar-refractivity contribution in [1.29, 1.82) is 0 Å². The Kier molecular flexibility index (Phi) is 7.43. The molecule has 0 N–H and O–H groups in total. The molecule has 0 aliphatic carbocycles. The summed E-state index contributed by atoms with van der Waals surface area (Å²) >= 11 is 5.54. The highest BCUT2D eigenvalue weighted by atomic mass is 79.9. The van der Waals surface area contributed by atoms with Crippen molar-refractivity contribution in [2.45, 2.75) is 12.4 Å². The van der Waals surface area contributed by atoms with Crippen molar-refractivity contribution in [2.75, 3.05) is 14.1 Å². The third-order valence-corrected chi connectivity index (χ3v) is 1.10. The Morgan fingerprint density at radius 2 is 1.57 bits per heavy atom. The van der Waals surface area contributed by atoms with Crippen molar-refractivity contribution >= 4 is 28.6 Å². The molecule has 7 heavy (non-hydrogen) atoms. The van der Waals surface area contributed by atoms with Gasteiger partial charge in [-0.15, -0.1) is 28.6 Å². The van der Waals surface area contributed by atoms with Gasteiger partial charge in [0.05, 0.1) is 5.50 Å². The zero-order valence-corrected chi connectivity index (χ0v) is 7.28. The molecule has 1 nitrogen and oxygen atoms in total. The molecule has 0 aromatic rings. The van der Waals surface area contributed by atoms with Gasteiger partial charge in [0.1, 0.15) is 0 Å². The second-order valence-corrected chi connectivity index (χ2v) is 2.17. The number of nitrogens with zero attached hydrogens (tertiary/aromatic N) is 1. The van der Waals surface area contributed by atoms with E-state index in [2.05, 4.69) is 0 Å². The summed E-state index contributed by atoms with van der Waals surface area (Å²) in [7, 11) is 3.88. The summed E-state index contributed by atoms with van der Waals surface area (Å²) in [5.41, 5.74) is 0.157. The SMILES string of the molecule is Br.CC(Cl)N(C)C. The molecule has 0 saturated heterocycles. The minimum absolute atomic E-state index is 0. The molecular weight excluding hydrogens is 177 g/mol. The molecule has 0 aliphatic heterocycles. The zero-order valence-electron chi connectivity index (χ0n) is 4.81. The minimum Gasteiger partial charge on any atom is -0.294 e. The van der Waals surface area contributed by atoms with Gasteiger partial charge in [0.25, 0.3) is 0 Å². The van der Waals surface area contributed by atoms with E-state index in [1.807, 2.05) is 25.9 Å². The minimum atomic E-state index is 0. The average molecular weight is 188 g/mol. The fraction of sp³-hybridized carbons (Fsp3) is 1.00. The number of halogens is 2. The fourth-order valence-electron chi connectivity index (χ4n) is 0. The normalized spacial score (nSPS) is 13.3. The van der Waals surface area contributed by atoms with Crippen molar-refractivity contribution in [2.24, 2.45) is 0 Å². The molecule has 0 aliphatic rings. The zero-order chi connectivity index (χ0) is 5.15. The van der Waals surface area contributed by atoms with Crippen LogP contribution in [0, 0.1) is 0 Å². The van der Waals surface area contributed by atoms with Crippen molar-refractivity contribution in [3.05, 3.63) is 0 Å². The Morgan fingerprint density at radius 3 is 1.57 bits per heavy atom. The summed E-state index contributed by atoms with van der Waals surface area (Å²) in [4.78, 5) is 1.93. The Labute approximate surface area is 60.4 Å². The lowest BCUT2D eigenvalue weighted by atomic mass is 10.7. The molecule has 46 valence electrons. The number of hydrogen-bond acceptors (Lipinski definition) is 1. The monoisotopic (exact) mass is 187 g/mol. The maximum Gasteiger partial charge on any atom is 0.0816 e. The van der Waals surface area contributed by atoms with Crippen molar-refractivity contribution < 1.29 is 0 Å². The Hall–Kier alpha value is 0.730. The highest BCUT2D eigenvalue weighted by molar-refractivity contribution is 8.93. The number of hydrogen-bond donors (Lipinski definition) is 0. The lowest BCUT2D eigenvalue weighted by Crippen LogP contribution is -2.17. The molecule has 0 bridgehead atoms. The lowest BCUT2D eigenvalue weighted by Gasteiger charge is -2.09. The number of rotatable bonds is 1. The van der Waals surface area contributed by atoms with Crippen LogP contribution in [0.25, 0.3) is 0 Å². The Bertz CT molecular complexity index is 32.7. The van der Waals surface area contributed by atoms with Gasteiger partial charge in [-0.25, -0.2) is 0 Å². The predicted octanol–water partition coefficient (Wildman–Crippen LogP) is 1.71. The largest absolute Gasteiger partial charge is 0.294 e. The highest BCUT2D eigenvalue weighted by Crippen LogP contribution is 1.93. The molecule has 0 heterocycles. The van der Waals surface area contributed by atoms with E-state index < -0.39 is 0 Å². The van der Waals surface area contributed by atoms with Crippen molar-refractivity contribution in [1.82, 2.24) is 4.90 Å². The van der Waals surface area contributed by atoms with E-state index in [9.17, 15) is 0 Å². The first kappa shape index (κ1) is 10.7. The molecule has 0 aromatic carbocycles. The van der Waals surface area contributed by atoms with Crippen molar-refractivity contribution in [3.63, 3.8) is 0 Å². The van der Waals surface area contributed by atoms with Gasteiger partial charge in [-0.2, -0.15) is 0 Å². The van der Waals surface area contributed by atoms with E-state index in [1.165, 1.54) is 0 Å². The van der Waals surface area contributed by atoms with Crippen LogP contribution in [0.15, 0.2) is 0 Å². The standard InChI is InChI=1S/C4H10ClN.BrH/c1-4(5)6(2)3;/h4H,1-3H3;1H. The molecule has 0 radical (unpaired) electrons. The second kappa shape index (κ2) is 4.88. The molecule has 3 heteroatoms. The molecule has 1 unspecified atom stereocenters. The van der Waals surface area contributed by atoms with Crippen LogP contribution in [-0.4, -0.2) is 24.5 Å². The summed E-state index contributed by atoms with van der Waals surface area (Å²) < 4.78 is 0. The molecule has 0 rings (SSSR count). The summed E-state index contributed by atoms with van der Waals surface area (Å²) in [6.07, 6.45) is 0. The van der Waals surface area contributed by atoms with Crippen LogP contribution in [0.3, 0.4) is 0 Å². The van der Waals surface area contributed by atoms with E-state index in [0.717, 1.165) is 0 Å². The van der Waals surface area contributed by atoms with Gasteiger partial charge in [0, 0.05) is 0 Å². The van der Waals surface area contributed by atoms with Crippen LogP contribution in [-0.2, 0) is 0 Å². The van der Waals surface area contributed by atoms with Gasteiger partial charge in [0.2, 0.25) is 0 Å². The quantitative estimate of drug-likeness (QED) is 0.447. The summed E-state index contributed by atoms with van der Waals surface area (Å²) in [5, 5.41) is 0. The molecule has 0 spiro atoms. The van der Waals surface area contributed by atoms with E-state index in [4.69, 9.17) is 11.6 Å². The Morgan fingerprint density at radius 1 is 1.43 bits per heavy atom. The molecule has 0 aromatic heterocycles. The molecule has 0 amide bonds. The maximum absolute atomic E-state index is 5.54. The maximum atomic E-state index is 5.54. The van der Waals surface area contributed by atoms with Gasteiger partial charge in [-0.05, 0) is 21.0 Å². The third kappa shape index (κ3) is 6.73. The van der Waals surface area contributed by atoms with Crippen LogP contribution in [0.1, 0.15) is 6.92 Å². The first-order valence-electron chi connectivity index (χ1n) is 1.95. The van der Waals surface area contributed by atoms with Gasteiger partial charge in [0.15, 0.2) is 0 Å². The fourth-order valence-corrected chi connectivity index (χ4v) is 0. The van der Waals surface area contributed by atoms with Crippen LogP contribution in [0.2, 0.25) is 0 Å². The van der Waals surface area contributed by atoms with E-state index in [-0.39, 0.29) is 22.5 Å². The van der Waals surface area contributed by atoms with Crippen LogP contribution in [0.4, 0.5) is 0 Å². The molecular formula is C4H11BrClN. The lowest BCUT2D eigenvalue weighted by molar-refractivity contribution is 0.396. The van der Waals surface area contributed by atoms with E-state index >= 15 is 0 Å². The first-order chi connectivity index (χ1) is 2.64. The van der Waals surface area contributed by atoms with Crippen molar-refractivity contribution in [3.8, 4) is 0 Å². The van der Waals surface area contributed by atoms with Gasteiger partial charge < -0.3 is 0 Å². The molecule has 0 fully saturated rings. The molecule has 1 atom stereocenters. The Balaban J connectivity index is 0. The van der Waals surface area contributed by atoms with Gasteiger partial charge in [-0.1, -0.05) is 0 Å². The topological polar surface area (TPSA) is 3.24 Å². The predicted molar refractivity (Wildman–Crippen MR) is 39.3 cm³/mol. The summed E-state index contributed by atoms with van der Waals surface area (Å²) in [6, 6.07) is 0. The highest BCUT2D eigenvalue weighted by Gasteiger charge is 1.93. The second-order valence-electron chi connectivity index (χ2n) is 1.54. The average Bonchev–Trinajstić information content (AvgIpc) is 1.36. The van der Waals surface area contributed by atoms with Gasteiger partial charge >= 0.3 is 0 Å². The summed E-state index contributed by atoms with van der Waals surface area (Å²) in [5.74, 6) is 0. The first-order valence-corrected chi connectivity index (χ1v) is 2.38. The van der Waals surface area contributed by atoms with Gasteiger partial charge in [-0.3, -0.25) is 4.90 Å². The molecule has 0 saturated carbocycles. The van der Waals surface area contributed by atoms with Crippen LogP contribution >= 0.6 is 28.6 Å². The third-order valence-electron chi connectivity index (χ3n) is 0.712. The van der Waals surface area contributed by atoms with E-state index in [0.29, 0.717) is 0 Å².